The number of piperidine rings is 2. The standard InChI is InChI=1S/C26H48N2O4S/c1-23(2)15-19(16-24(3,4)27(23)9)31-21(29)11-13-33-14-12-22(30)32-20-17-25(5,6)28(10)26(7,8)18-20/h19-20H,11-18H2,1-10H3. The zero-order valence-corrected chi connectivity index (χ0v) is 23.6. The van der Waals surface area contributed by atoms with E-state index >= 15 is 0 Å². The van der Waals surface area contributed by atoms with Crippen LogP contribution in [0.1, 0.15) is 93.9 Å². The third kappa shape index (κ3) is 7.60. The summed E-state index contributed by atoms with van der Waals surface area (Å²) in [5.41, 5.74) is -0.0000630. The number of hydrogen-bond donors (Lipinski definition) is 0. The molecule has 192 valence electrons. The van der Waals surface area contributed by atoms with E-state index in [1.54, 1.807) is 11.8 Å². The highest BCUT2D eigenvalue weighted by atomic mass is 32.2. The molecule has 2 heterocycles. The fourth-order valence-electron chi connectivity index (χ4n) is 5.63. The molecule has 0 aromatic heterocycles. The van der Waals surface area contributed by atoms with Gasteiger partial charge in [-0.1, -0.05) is 0 Å². The molecule has 0 aliphatic carbocycles. The molecule has 2 aliphatic heterocycles. The van der Waals surface area contributed by atoms with E-state index in [0.29, 0.717) is 24.3 Å². The fourth-order valence-corrected chi connectivity index (χ4v) is 6.45. The van der Waals surface area contributed by atoms with E-state index in [1.807, 2.05) is 0 Å². The molecular weight excluding hydrogens is 436 g/mol. The number of hydrogen-bond acceptors (Lipinski definition) is 7. The average molecular weight is 485 g/mol. The van der Waals surface area contributed by atoms with Crippen LogP contribution in [0.3, 0.4) is 0 Å². The molecule has 0 atom stereocenters. The topological polar surface area (TPSA) is 59.1 Å². The van der Waals surface area contributed by atoms with Crippen molar-refractivity contribution in [3.05, 3.63) is 0 Å². The second-order valence-corrected chi connectivity index (χ2v) is 13.7. The number of esters is 2. The highest BCUT2D eigenvalue weighted by molar-refractivity contribution is 7.99. The summed E-state index contributed by atoms with van der Waals surface area (Å²) in [5.74, 6) is 1.06. The van der Waals surface area contributed by atoms with Crippen LogP contribution >= 0.6 is 11.8 Å². The molecule has 0 bridgehead atoms. The summed E-state index contributed by atoms with van der Waals surface area (Å²) in [6.45, 7) is 17.6. The maximum Gasteiger partial charge on any atom is 0.306 e. The highest BCUT2D eigenvalue weighted by Crippen LogP contribution is 2.39. The van der Waals surface area contributed by atoms with Gasteiger partial charge in [0.25, 0.3) is 0 Å². The molecule has 2 rings (SSSR count). The number of ether oxygens (including phenoxy) is 2. The van der Waals surface area contributed by atoms with Crippen molar-refractivity contribution in [2.24, 2.45) is 0 Å². The van der Waals surface area contributed by atoms with Crippen LogP contribution in [0.5, 0.6) is 0 Å². The van der Waals surface area contributed by atoms with Crippen LogP contribution in [0.2, 0.25) is 0 Å². The van der Waals surface area contributed by atoms with Crippen LogP contribution in [0.4, 0.5) is 0 Å². The van der Waals surface area contributed by atoms with Gasteiger partial charge in [-0.3, -0.25) is 19.4 Å². The van der Waals surface area contributed by atoms with Gasteiger partial charge in [-0.2, -0.15) is 11.8 Å². The first-order chi connectivity index (χ1) is 15.0. The molecule has 0 radical (unpaired) electrons. The van der Waals surface area contributed by atoms with E-state index in [1.165, 1.54) is 0 Å². The zero-order chi connectivity index (χ0) is 25.2. The Morgan fingerprint density at radius 3 is 1.21 bits per heavy atom. The van der Waals surface area contributed by atoms with Gasteiger partial charge < -0.3 is 9.47 Å². The first-order valence-electron chi connectivity index (χ1n) is 12.4. The molecule has 7 heteroatoms. The minimum Gasteiger partial charge on any atom is -0.462 e. The summed E-state index contributed by atoms with van der Waals surface area (Å²) in [7, 11) is 4.29. The summed E-state index contributed by atoms with van der Waals surface area (Å²) < 4.78 is 11.6. The average Bonchev–Trinajstić information content (AvgIpc) is 2.62. The van der Waals surface area contributed by atoms with Crippen LogP contribution in [0, 0.1) is 0 Å². The predicted octanol–water partition coefficient (Wildman–Crippen LogP) is 4.89. The molecule has 0 saturated carbocycles. The summed E-state index contributed by atoms with van der Waals surface area (Å²) in [6.07, 6.45) is 4.08. The van der Waals surface area contributed by atoms with Crippen LogP contribution < -0.4 is 0 Å². The van der Waals surface area contributed by atoms with Crippen molar-refractivity contribution >= 4 is 23.7 Å². The maximum atomic E-state index is 12.4. The van der Waals surface area contributed by atoms with Crippen molar-refractivity contribution in [2.75, 3.05) is 25.6 Å². The van der Waals surface area contributed by atoms with Crippen LogP contribution in [0.15, 0.2) is 0 Å². The first-order valence-corrected chi connectivity index (χ1v) is 13.6. The van der Waals surface area contributed by atoms with Crippen molar-refractivity contribution in [1.29, 1.82) is 0 Å². The van der Waals surface area contributed by atoms with E-state index in [9.17, 15) is 9.59 Å². The third-order valence-electron chi connectivity index (χ3n) is 8.04. The van der Waals surface area contributed by atoms with Gasteiger partial charge in [0.05, 0.1) is 12.8 Å². The molecule has 6 nitrogen and oxygen atoms in total. The second kappa shape index (κ2) is 10.4. The smallest absolute Gasteiger partial charge is 0.306 e. The molecule has 0 amide bonds. The fraction of sp³-hybridized carbons (Fsp3) is 0.923. The Bertz CT molecular complexity index is 610. The Balaban J connectivity index is 1.66. The van der Waals surface area contributed by atoms with Gasteiger partial charge in [0.1, 0.15) is 12.2 Å². The monoisotopic (exact) mass is 484 g/mol. The Morgan fingerprint density at radius 2 is 0.939 bits per heavy atom. The second-order valence-electron chi connectivity index (χ2n) is 12.5. The number of nitrogens with zero attached hydrogens (tertiary/aromatic N) is 2. The molecule has 0 aromatic rings. The minimum absolute atomic E-state index is 0.0000158. The van der Waals surface area contributed by atoms with Crippen LogP contribution in [0.25, 0.3) is 0 Å². The van der Waals surface area contributed by atoms with Crippen molar-refractivity contribution in [1.82, 2.24) is 9.80 Å². The molecule has 2 saturated heterocycles. The molecule has 0 unspecified atom stereocenters. The lowest BCUT2D eigenvalue weighted by Gasteiger charge is -2.53. The number of likely N-dealkylation sites (tertiary alicyclic amines) is 2. The molecule has 0 aromatic carbocycles. The van der Waals surface area contributed by atoms with Crippen molar-refractivity contribution in [3.63, 3.8) is 0 Å². The largest absolute Gasteiger partial charge is 0.462 e. The predicted molar refractivity (Wildman–Crippen MR) is 137 cm³/mol. The Morgan fingerprint density at radius 1 is 0.667 bits per heavy atom. The lowest BCUT2D eigenvalue weighted by Crippen LogP contribution is -2.60. The van der Waals surface area contributed by atoms with Gasteiger partial charge in [-0.25, -0.2) is 0 Å². The summed E-state index contributed by atoms with van der Waals surface area (Å²) in [5, 5.41) is 0. The molecule has 33 heavy (non-hydrogen) atoms. The quantitative estimate of drug-likeness (QED) is 0.359. The lowest BCUT2D eigenvalue weighted by molar-refractivity contribution is -0.159. The first kappa shape index (κ1) is 28.4. The SMILES string of the molecule is CN1C(C)(C)CC(OC(=O)CCSCCC(=O)OC2CC(C)(C)N(C)C(C)(C)C2)CC1(C)C. The zero-order valence-electron chi connectivity index (χ0n) is 22.7. The van der Waals surface area contributed by atoms with Crippen molar-refractivity contribution in [2.45, 2.75) is 128 Å². The summed E-state index contributed by atoms with van der Waals surface area (Å²) >= 11 is 1.62. The van der Waals surface area contributed by atoms with E-state index in [2.05, 4.69) is 79.3 Å². The van der Waals surface area contributed by atoms with E-state index in [0.717, 1.165) is 25.7 Å². The number of rotatable bonds is 8. The normalized spacial score (nSPS) is 25.5. The maximum absolute atomic E-state index is 12.4. The molecule has 0 spiro atoms. The number of thioether (sulfide) groups is 1. The van der Waals surface area contributed by atoms with Crippen LogP contribution in [-0.2, 0) is 19.1 Å². The molecule has 2 fully saturated rings. The van der Waals surface area contributed by atoms with Crippen molar-refractivity contribution in [3.8, 4) is 0 Å². The minimum atomic E-state index is -0.137. The van der Waals surface area contributed by atoms with Gasteiger partial charge in [0.15, 0.2) is 0 Å². The number of carbonyl (C=O) groups excluding carboxylic acids is 2. The van der Waals surface area contributed by atoms with Crippen LogP contribution in [-0.4, -0.2) is 81.7 Å². The molecule has 0 N–H and O–H groups in total. The van der Waals surface area contributed by atoms with Gasteiger partial charge in [0.2, 0.25) is 0 Å². The summed E-state index contributed by atoms with van der Waals surface area (Å²) in [4.78, 5) is 29.5. The Hall–Kier alpha value is -0.790. The van der Waals surface area contributed by atoms with Gasteiger partial charge in [-0.15, -0.1) is 0 Å². The Labute approximate surface area is 206 Å². The van der Waals surface area contributed by atoms with Gasteiger partial charge >= 0.3 is 11.9 Å². The molecular formula is C26H48N2O4S. The number of carbonyl (C=O) groups is 2. The highest BCUT2D eigenvalue weighted by Gasteiger charge is 2.45. The third-order valence-corrected chi connectivity index (χ3v) is 9.02. The van der Waals surface area contributed by atoms with E-state index < -0.39 is 0 Å². The Kier molecular flexibility index (Phi) is 9.01. The van der Waals surface area contributed by atoms with Gasteiger partial charge in [-0.05, 0) is 69.5 Å². The summed E-state index contributed by atoms with van der Waals surface area (Å²) in [6, 6.07) is 0. The van der Waals surface area contributed by atoms with Gasteiger partial charge in [0, 0.05) is 59.3 Å². The van der Waals surface area contributed by atoms with E-state index in [4.69, 9.17) is 9.47 Å². The molecule has 2 aliphatic rings. The van der Waals surface area contributed by atoms with E-state index in [-0.39, 0.29) is 46.3 Å². The lowest BCUT2D eigenvalue weighted by atomic mass is 9.79. The van der Waals surface area contributed by atoms with Crippen molar-refractivity contribution < 1.29 is 19.1 Å².